The number of hydrogen-bond donors (Lipinski definition) is 1. The Bertz CT molecular complexity index is 481. The lowest BCUT2D eigenvalue weighted by Gasteiger charge is -2.01. The molecule has 0 aliphatic carbocycles. The fourth-order valence-corrected chi connectivity index (χ4v) is 1.75. The fourth-order valence-electron chi connectivity index (χ4n) is 1.14. The number of nitrogens with zero attached hydrogens (tertiary/aromatic N) is 1. The number of aromatic carboxylic acids is 1. The number of aromatic nitrogens is 1. The van der Waals surface area contributed by atoms with Crippen LogP contribution in [0.15, 0.2) is 36.5 Å². The highest BCUT2D eigenvalue weighted by Crippen LogP contribution is 2.21. The van der Waals surface area contributed by atoms with E-state index in [4.69, 9.17) is 9.84 Å². The molecule has 0 fully saturated rings. The predicted molar refractivity (Wildman–Crippen MR) is 59.8 cm³/mol. The lowest BCUT2D eigenvalue weighted by molar-refractivity contribution is 0.0702. The van der Waals surface area contributed by atoms with Gasteiger partial charge in [-0.1, -0.05) is 41.7 Å². The van der Waals surface area contributed by atoms with Crippen LogP contribution in [-0.2, 0) is 6.61 Å². The molecule has 0 saturated heterocycles. The van der Waals surface area contributed by atoms with Gasteiger partial charge in [-0.05, 0) is 5.56 Å². The lowest BCUT2D eigenvalue weighted by Crippen LogP contribution is -1.93. The first-order chi connectivity index (χ1) is 7.75. The summed E-state index contributed by atoms with van der Waals surface area (Å²) in [4.78, 5) is 14.7. The van der Waals surface area contributed by atoms with Crippen LogP contribution in [0.3, 0.4) is 0 Å². The first-order valence-corrected chi connectivity index (χ1v) is 5.43. The van der Waals surface area contributed by atoms with E-state index in [1.807, 2.05) is 30.3 Å². The summed E-state index contributed by atoms with van der Waals surface area (Å²) < 4.78 is 5.37. The van der Waals surface area contributed by atoms with Crippen LogP contribution in [0.4, 0.5) is 0 Å². The second kappa shape index (κ2) is 4.76. The van der Waals surface area contributed by atoms with E-state index in [1.54, 1.807) is 0 Å². The van der Waals surface area contributed by atoms with Crippen molar-refractivity contribution in [3.05, 3.63) is 47.0 Å². The van der Waals surface area contributed by atoms with E-state index in [2.05, 4.69) is 4.98 Å². The second-order valence-corrected chi connectivity index (χ2v) is 4.06. The minimum absolute atomic E-state index is 0.183. The first kappa shape index (κ1) is 10.6. The summed E-state index contributed by atoms with van der Waals surface area (Å²) in [5.74, 6) is -0.980. The van der Waals surface area contributed by atoms with Gasteiger partial charge >= 0.3 is 5.97 Å². The van der Waals surface area contributed by atoms with Crippen molar-refractivity contribution in [3.8, 4) is 5.19 Å². The Labute approximate surface area is 96.1 Å². The quantitative estimate of drug-likeness (QED) is 0.884. The summed E-state index contributed by atoms with van der Waals surface area (Å²) in [6.07, 6.45) is 1.30. The van der Waals surface area contributed by atoms with Crippen molar-refractivity contribution in [2.45, 2.75) is 6.61 Å². The summed E-state index contributed by atoms with van der Waals surface area (Å²) in [6, 6.07) is 9.64. The molecule has 1 aromatic heterocycles. The van der Waals surface area contributed by atoms with Gasteiger partial charge in [0.2, 0.25) is 0 Å². The third-order valence-electron chi connectivity index (χ3n) is 1.90. The normalized spacial score (nSPS) is 10.0. The molecule has 0 amide bonds. The van der Waals surface area contributed by atoms with Crippen molar-refractivity contribution in [1.29, 1.82) is 0 Å². The zero-order valence-corrected chi connectivity index (χ0v) is 9.11. The van der Waals surface area contributed by atoms with Gasteiger partial charge < -0.3 is 9.84 Å². The third kappa shape index (κ3) is 2.58. The highest BCUT2D eigenvalue weighted by molar-refractivity contribution is 7.15. The van der Waals surface area contributed by atoms with Crippen LogP contribution in [0.25, 0.3) is 0 Å². The summed E-state index contributed by atoms with van der Waals surface area (Å²) in [7, 11) is 0. The molecular weight excluding hydrogens is 226 g/mol. The Kier molecular flexibility index (Phi) is 3.16. The monoisotopic (exact) mass is 235 g/mol. The van der Waals surface area contributed by atoms with Crippen molar-refractivity contribution in [1.82, 2.24) is 4.98 Å². The minimum Gasteiger partial charge on any atom is -0.477 e. The van der Waals surface area contributed by atoms with E-state index in [0.717, 1.165) is 16.9 Å². The minimum atomic E-state index is -0.980. The number of thiazole rings is 1. The number of ether oxygens (including phenoxy) is 1. The van der Waals surface area contributed by atoms with Crippen molar-refractivity contribution < 1.29 is 14.6 Å². The van der Waals surface area contributed by atoms with Gasteiger partial charge in [-0.25, -0.2) is 9.78 Å². The van der Waals surface area contributed by atoms with E-state index in [1.165, 1.54) is 6.20 Å². The Morgan fingerprint density at radius 2 is 2.12 bits per heavy atom. The van der Waals surface area contributed by atoms with Crippen molar-refractivity contribution in [2.24, 2.45) is 0 Å². The van der Waals surface area contributed by atoms with Crippen molar-refractivity contribution >= 4 is 17.3 Å². The van der Waals surface area contributed by atoms with Gasteiger partial charge in [0.15, 0.2) is 0 Å². The molecule has 0 aliphatic heterocycles. The summed E-state index contributed by atoms with van der Waals surface area (Å²) in [6.45, 7) is 0.396. The molecule has 4 nitrogen and oxygen atoms in total. The second-order valence-electron chi connectivity index (χ2n) is 3.07. The zero-order chi connectivity index (χ0) is 11.4. The van der Waals surface area contributed by atoms with E-state index in [9.17, 15) is 4.79 Å². The molecule has 2 aromatic rings. The van der Waals surface area contributed by atoms with Crippen LogP contribution in [0.5, 0.6) is 5.19 Å². The molecule has 0 unspecified atom stereocenters. The van der Waals surface area contributed by atoms with Crippen molar-refractivity contribution in [3.63, 3.8) is 0 Å². The molecule has 2 rings (SSSR count). The molecule has 0 spiro atoms. The number of carbonyl (C=O) groups is 1. The van der Waals surface area contributed by atoms with Crippen LogP contribution in [0, 0.1) is 0 Å². The molecule has 5 heteroatoms. The number of rotatable bonds is 4. The van der Waals surface area contributed by atoms with Gasteiger partial charge in [-0.15, -0.1) is 0 Å². The number of carboxylic acid groups (broad SMARTS) is 1. The topological polar surface area (TPSA) is 59.4 Å². The number of hydrogen-bond acceptors (Lipinski definition) is 4. The number of benzene rings is 1. The lowest BCUT2D eigenvalue weighted by atomic mass is 10.2. The van der Waals surface area contributed by atoms with E-state index in [0.29, 0.717) is 11.8 Å². The molecule has 0 atom stereocenters. The first-order valence-electron chi connectivity index (χ1n) is 4.61. The van der Waals surface area contributed by atoms with Gasteiger partial charge in [-0.2, -0.15) is 0 Å². The third-order valence-corrected chi connectivity index (χ3v) is 2.80. The molecule has 0 bridgehead atoms. The number of carboxylic acids is 1. The fraction of sp³-hybridized carbons (Fsp3) is 0.0909. The molecule has 1 aromatic carbocycles. The SMILES string of the molecule is O=C(O)c1cnc(OCc2ccccc2)s1. The standard InChI is InChI=1S/C11H9NO3S/c13-10(14)9-6-12-11(16-9)15-7-8-4-2-1-3-5-8/h1-6H,7H2,(H,13,14). The molecule has 0 radical (unpaired) electrons. The van der Waals surface area contributed by atoms with E-state index >= 15 is 0 Å². The van der Waals surface area contributed by atoms with Gasteiger partial charge in [0, 0.05) is 0 Å². The van der Waals surface area contributed by atoms with Gasteiger partial charge in [-0.3, -0.25) is 0 Å². The molecule has 0 saturated carbocycles. The Balaban J connectivity index is 1.97. The average molecular weight is 235 g/mol. The van der Waals surface area contributed by atoms with Gasteiger partial charge in [0.25, 0.3) is 5.19 Å². The Morgan fingerprint density at radius 3 is 2.75 bits per heavy atom. The average Bonchev–Trinajstić information content (AvgIpc) is 2.76. The summed E-state index contributed by atoms with van der Waals surface area (Å²) >= 11 is 1.03. The zero-order valence-electron chi connectivity index (χ0n) is 8.29. The maximum Gasteiger partial charge on any atom is 0.347 e. The van der Waals surface area contributed by atoms with Gasteiger partial charge in [0.1, 0.15) is 11.5 Å². The van der Waals surface area contributed by atoms with Crippen LogP contribution in [0.1, 0.15) is 15.2 Å². The molecule has 1 N–H and O–H groups in total. The largest absolute Gasteiger partial charge is 0.477 e. The molecule has 0 aliphatic rings. The summed E-state index contributed by atoms with van der Waals surface area (Å²) in [5.41, 5.74) is 1.02. The predicted octanol–water partition coefficient (Wildman–Crippen LogP) is 2.42. The van der Waals surface area contributed by atoms with E-state index in [-0.39, 0.29) is 4.88 Å². The highest BCUT2D eigenvalue weighted by Gasteiger charge is 2.08. The Hall–Kier alpha value is -1.88. The molecule has 1 heterocycles. The van der Waals surface area contributed by atoms with Gasteiger partial charge in [0.05, 0.1) is 6.20 Å². The summed E-state index contributed by atoms with van der Waals surface area (Å²) in [5, 5.41) is 9.07. The van der Waals surface area contributed by atoms with Crippen LogP contribution >= 0.6 is 11.3 Å². The van der Waals surface area contributed by atoms with Crippen LogP contribution in [-0.4, -0.2) is 16.1 Å². The molecule has 82 valence electrons. The van der Waals surface area contributed by atoms with E-state index < -0.39 is 5.97 Å². The maximum atomic E-state index is 10.6. The van der Waals surface area contributed by atoms with Crippen molar-refractivity contribution in [2.75, 3.05) is 0 Å². The Morgan fingerprint density at radius 1 is 1.38 bits per heavy atom. The maximum absolute atomic E-state index is 10.6. The van der Waals surface area contributed by atoms with Crippen LogP contribution in [0.2, 0.25) is 0 Å². The van der Waals surface area contributed by atoms with Crippen LogP contribution < -0.4 is 4.74 Å². The smallest absolute Gasteiger partial charge is 0.347 e. The highest BCUT2D eigenvalue weighted by atomic mass is 32.1. The molecule has 16 heavy (non-hydrogen) atoms. The molecular formula is C11H9NO3S.